The molecule has 6 heteroatoms. The minimum atomic E-state index is -0.854. The second-order valence-electron chi connectivity index (χ2n) is 3.78. The van der Waals surface area contributed by atoms with E-state index in [1.807, 2.05) is 6.07 Å². The maximum absolute atomic E-state index is 13.3. The average Bonchev–Trinajstić information content (AvgIpc) is 2.37. The number of nitrogens with two attached hydrogens (primary N) is 1. The van der Waals surface area contributed by atoms with Crippen molar-refractivity contribution in [3.63, 3.8) is 0 Å². The summed E-state index contributed by atoms with van der Waals surface area (Å²) in [6.07, 6.45) is 0. The minimum absolute atomic E-state index is 0.0732. The molecule has 0 radical (unpaired) electrons. The molecule has 0 spiro atoms. The molecule has 0 aliphatic rings. The predicted molar refractivity (Wildman–Crippen MR) is 70.2 cm³/mol. The lowest BCUT2D eigenvalue weighted by molar-refractivity contribution is 0.587. The molecule has 2 aromatic rings. The van der Waals surface area contributed by atoms with E-state index >= 15 is 0 Å². The molecule has 0 saturated carbocycles. The van der Waals surface area contributed by atoms with Gasteiger partial charge in [-0.1, -0.05) is 11.6 Å². The second-order valence-corrected chi connectivity index (χ2v) is 4.19. The summed E-state index contributed by atoms with van der Waals surface area (Å²) in [7, 11) is 0. The van der Waals surface area contributed by atoms with E-state index in [2.05, 4.69) is 5.32 Å². The molecule has 0 heterocycles. The fourth-order valence-electron chi connectivity index (χ4n) is 1.52. The molecule has 0 fully saturated rings. The average molecular weight is 280 g/mol. The molecule has 3 N–H and O–H groups in total. The third kappa shape index (κ3) is 2.75. The Morgan fingerprint density at radius 1 is 1.16 bits per heavy atom. The number of hydrogen-bond acceptors (Lipinski definition) is 3. The van der Waals surface area contributed by atoms with Crippen LogP contribution in [0.15, 0.2) is 30.3 Å². The van der Waals surface area contributed by atoms with Gasteiger partial charge in [-0.05, 0) is 24.3 Å². The van der Waals surface area contributed by atoms with Gasteiger partial charge in [-0.2, -0.15) is 5.26 Å². The van der Waals surface area contributed by atoms with Gasteiger partial charge in [-0.25, -0.2) is 8.78 Å². The Bertz CT molecular complexity index is 680. The number of benzene rings is 2. The molecule has 0 unspecified atom stereocenters. The number of nitrogens with zero attached hydrogens (tertiary/aromatic N) is 1. The lowest BCUT2D eigenvalue weighted by Gasteiger charge is -2.11. The van der Waals surface area contributed by atoms with Gasteiger partial charge in [0.25, 0.3) is 0 Å². The molecule has 0 bridgehead atoms. The summed E-state index contributed by atoms with van der Waals surface area (Å²) >= 11 is 5.95. The smallest absolute Gasteiger partial charge is 0.151 e. The van der Waals surface area contributed by atoms with Crippen LogP contribution in [0.25, 0.3) is 0 Å². The normalized spacial score (nSPS) is 10.0. The largest absolute Gasteiger partial charge is 0.395 e. The van der Waals surface area contributed by atoms with Crippen molar-refractivity contribution in [2.75, 3.05) is 11.1 Å². The van der Waals surface area contributed by atoms with Crippen molar-refractivity contribution in [2.24, 2.45) is 0 Å². The topological polar surface area (TPSA) is 61.8 Å². The Balaban J connectivity index is 2.39. The lowest BCUT2D eigenvalue weighted by atomic mass is 10.2. The number of halogens is 3. The van der Waals surface area contributed by atoms with E-state index in [1.165, 1.54) is 18.2 Å². The van der Waals surface area contributed by atoms with Crippen molar-refractivity contribution in [2.45, 2.75) is 0 Å². The van der Waals surface area contributed by atoms with Gasteiger partial charge in [0, 0.05) is 6.07 Å². The molecule has 0 aromatic heterocycles. The first-order valence-electron chi connectivity index (χ1n) is 5.22. The van der Waals surface area contributed by atoms with Crippen molar-refractivity contribution in [1.29, 1.82) is 5.26 Å². The Morgan fingerprint density at radius 2 is 1.89 bits per heavy atom. The van der Waals surface area contributed by atoms with Crippen molar-refractivity contribution in [1.82, 2.24) is 0 Å². The zero-order chi connectivity index (χ0) is 14.0. The number of nitrogens with one attached hydrogen (secondary N) is 1. The zero-order valence-electron chi connectivity index (χ0n) is 9.55. The van der Waals surface area contributed by atoms with Crippen LogP contribution in [0.5, 0.6) is 0 Å². The number of hydrogen-bond donors (Lipinski definition) is 2. The Labute approximate surface area is 113 Å². The first-order chi connectivity index (χ1) is 9.01. The van der Waals surface area contributed by atoms with E-state index in [0.29, 0.717) is 17.3 Å². The molecular weight excluding hydrogens is 272 g/mol. The molecule has 0 aliphatic heterocycles. The third-order valence-corrected chi connectivity index (χ3v) is 2.77. The summed E-state index contributed by atoms with van der Waals surface area (Å²) in [6, 6.07) is 8.19. The van der Waals surface area contributed by atoms with Crippen LogP contribution in [0.2, 0.25) is 5.02 Å². The van der Waals surface area contributed by atoms with Crippen LogP contribution in [-0.2, 0) is 0 Å². The number of nitriles is 1. The van der Waals surface area contributed by atoms with Crippen molar-refractivity contribution in [3.05, 3.63) is 52.6 Å². The van der Waals surface area contributed by atoms with Crippen molar-refractivity contribution >= 4 is 28.7 Å². The van der Waals surface area contributed by atoms with Crippen molar-refractivity contribution < 1.29 is 8.78 Å². The highest BCUT2D eigenvalue weighted by Gasteiger charge is 2.10. The summed E-state index contributed by atoms with van der Waals surface area (Å²) in [5.41, 5.74) is 6.16. The molecule has 0 aliphatic carbocycles. The van der Waals surface area contributed by atoms with Crippen LogP contribution in [0.4, 0.5) is 25.8 Å². The number of anilines is 3. The Hall–Kier alpha value is -2.32. The standard InChI is InChI=1S/C13H8ClF2N3/c14-9-3-7(6-17)1-2-11(9)19-12-5-8(15)4-10(16)13(12)18/h1-5,19H,18H2. The summed E-state index contributed by atoms with van der Waals surface area (Å²) in [5.74, 6) is -1.61. The molecule has 3 nitrogen and oxygen atoms in total. The van der Waals surface area contributed by atoms with Gasteiger partial charge in [-0.15, -0.1) is 0 Å². The van der Waals surface area contributed by atoms with E-state index < -0.39 is 11.6 Å². The summed E-state index contributed by atoms with van der Waals surface area (Å²) in [4.78, 5) is 0. The highest BCUT2D eigenvalue weighted by molar-refractivity contribution is 6.33. The van der Waals surface area contributed by atoms with Crippen LogP contribution in [0.3, 0.4) is 0 Å². The molecular formula is C13H8ClF2N3. The fraction of sp³-hybridized carbons (Fsp3) is 0. The van der Waals surface area contributed by atoms with Gasteiger partial charge in [0.15, 0.2) is 5.82 Å². The van der Waals surface area contributed by atoms with Gasteiger partial charge in [0.2, 0.25) is 0 Å². The molecule has 0 atom stereocenters. The van der Waals surface area contributed by atoms with E-state index in [0.717, 1.165) is 6.07 Å². The fourth-order valence-corrected chi connectivity index (χ4v) is 1.75. The highest BCUT2D eigenvalue weighted by atomic mass is 35.5. The van der Waals surface area contributed by atoms with Gasteiger partial charge >= 0.3 is 0 Å². The maximum atomic E-state index is 13.3. The van der Waals surface area contributed by atoms with Gasteiger partial charge in [0.05, 0.1) is 33.7 Å². The monoisotopic (exact) mass is 279 g/mol. The molecule has 2 aromatic carbocycles. The van der Waals surface area contributed by atoms with Crippen molar-refractivity contribution in [3.8, 4) is 6.07 Å². The van der Waals surface area contributed by atoms with Crippen LogP contribution in [0, 0.1) is 23.0 Å². The Morgan fingerprint density at radius 3 is 2.53 bits per heavy atom. The first-order valence-corrected chi connectivity index (χ1v) is 5.60. The van der Waals surface area contributed by atoms with E-state index in [1.54, 1.807) is 0 Å². The van der Waals surface area contributed by atoms with Crippen LogP contribution in [0.1, 0.15) is 5.56 Å². The van der Waals surface area contributed by atoms with E-state index in [9.17, 15) is 8.78 Å². The van der Waals surface area contributed by atoms with Crippen LogP contribution >= 0.6 is 11.6 Å². The van der Waals surface area contributed by atoms with Gasteiger partial charge in [-0.3, -0.25) is 0 Å². The number of nitrogen functional groups attached to an aromatic ring is 1. The summed E-state index contributed by atoms with van der Waals surface area (Å²) in [6.45, 7) is 0. The maximum Gasteiger partial charge on any atom is 0.151 e. The summed E-state index contributed by atoms with van der Waals surface area (Å²) < 4.78 is 26.4. The predicted octanol–water partition coefficient (Wildman–Crippen LogP) is 3.82. The van der Waals surface area contributed by atoms with E-state index in [-0.39, 0.29) is 16.4 Å². The van der Waals surface area contributed by atoms with Gasteiger partial charge < -0.3 is 11.1 Å². The first kappa shape index (κ1) is 13.1. The molecule has 19 heavy (non-hydrogen) atoms. The highest BCUT2D eigenvalue weighted by Crippen LogP contribution is 2.30. The van der Waals surface area contributed by atoms with E-state index in [4.69, 9.17) is 22.6 Å². The second kappa shape index (κ2) is 5.12. The molecule has 96 valence electrons. The Kier molecular flexibility index (Phi) is 3.54. The molecule has 2 rings (SSSR count). The SMILES string of the molecule is N#Cc1ccc(Nc2cc(F)cc(F)c2N)c(Cl)c1. The quantitative estimate of drug-likeness (QED) is 0.822. The van der Waals surface area contributed by atoms with Crippen LogP contribution in [-0.4, -0.2) is 0 Å². The minimum Gasteiger partial charge on any atom is -0.395 e. The van der Waals surface area contributed by atoms with Gasteiger partial charge in [0.1, 0.15) is 5.82 Å². The molecule has 0 saturated heterocycles. The summed E-state index contributed by atoms with van der Waals surface area (Å²) in [5, 5.41) is 11.7. The number of rotatable bonds is 2. The van der Waals surface area contributed by atoms with Crippen LogP contribution < -0.4 is 11.1 Å². The lowest BCUT2D eigenvalue weighted by Crippen LogP contribution is -2.00. The molecule has 0 amide bonds. The zero-order valence-corrected chi connectivity index (χ0v) is 10.3. The third-order valence-electron chi connectivity index (χ3n) is 2.46.